The van der Waals surface area contributed by atoms with Crippen LogP contribution in [-0.2, 0) is 17.8 Å². The number of rotatable bonds is 8. The normalized spacial score (nSPS) is 10.5. The third-order valence-corrected chi connectivity index (χ3v) is 3.10. The summed E-state index contributed by atoms with van der Waals surface area (Å²) in [4.78, 5) is 11.8. The number of anilines is 1. The van der Waals surface area contributed by atoms with E-state index in [4.69, 9.17) is 5.73 Å². The Morgan fingerprint density at radius 1 is 1.24 bits per heavy atom. The topological polar surface area (TPSA) is 85.8 Å². The second kappa shape index (κ2) is 8.16. The number of unbranched alkanes of at least 4 members (excludes halogenated alkanes) is 1. The lowest BCUT2D eigenvalue weighted by Crippen LogP contribution is -2.14. The Hall–Kier alpha value is -2.21. The summed E-state index contributed by atoms with van der Waals surface area (Å²) >= 11 is 0. The number of amides is 1. The summed E-state index contributed by atoms with van der Waals surface area (Å²) in [6, 6.07) is 9.42. The lowest BCUT2D eigenvalue weighted by atomic mass is 10.2. The first-order valence-corrected chi connectivity index (χ1v) is 7.22. The van der Waals surface area contributed by atoms with Gasteiger partial charge in [-0.25, -0.2) is 0 Å². The molecule has 0 aliphatic heterocycles. The van der Waals surface area contributed by atoms with Gasteiger partial charge in [-0.2, -0.15) is 0 Å². The van der Waals surface area contributed by atoms with Gasteiger partial charge in [-0.1, -0.05) is 23.4 Å². The second-order valence-corrected chi connectivity index (χ2v) is 4.88. The lowest BCUT2D eigenvalue weighted by molar-refractivity contribution is -0.116. The van der Waals surface area contributed by atoms with E-state index in [-0.39, 0.29) is 5.91 Å². The molecule has 3 N–H and O–H groups in total. The van der Waals surface area contributed by atoms with E-state index in [1.807, 2.05) is 36.5 Å². The molecular weight excluding hydrogens is 266 g/mol. The number of carbonyl (C=O) groups is 1. The number of para-hydroxylation sites is 1. The SMILES string of the molecule is NCCCCc1cn(CCC(=O)Nc2ccccc2)nn1. The third kappa shape index (κ3) is 5.35. The standard InChI is InChI=1S/C15H21N5O/c16-10-5-4-8-14-12-20(19-18-14)11-9-15(21)17-13-6-2-1-3-7-13/h1-3,6-7,12H,4-5,8-11,16H2,(H,17,21). The van der Waals surface area contributed by atoms with Crippen LogP contribution in [-0.4, -0.2) is 27.4 Å². The molecule has 0 fully saturated rings. The minimum atomic E-state index is -0.0265. The van der Waals surface area contributed by atoms with Crippen molar-refractivity contribution >= 4 is 11.6 Å². The van der Waals surface area contributed by atoms with E-state index in [1.165, 1.54) is 0 Å². The molecule has 0 unspecified atom stereocenters. The number of aromatic nitrogens is 3. The molecule has 2 aromatic rings. The maximum Gasteiger partial charge on any atom is 0.226 e. The number of nitrogens with one attached hydrogen (secondary N) is 1. The smallest absolute Gasteiger partial charge is 0.226 e. The van der Waals surface area contributed by atoms with E-state index >= 15 is 0 Å². The molecule has 0 saturated carbocycles. The largest absolute Gasteiger partial charge is 0.330 e. The van der Waals surface area contributed by atoms with Gasteiger partial charge in [-0.15, -0.1) is 5.10 Å². The van der Waals surface area contributed by atoms with Crippen molar-refractivity contribution in [2.45, 2.75) is 32.2 Å². The van der Waals surface area contributed by atoms with Crippen LogP contribution in [0.2, 0.25) is 0 Å². The number of nitrogens with zero attached hydrogens (tertiary/aromatic N) is 3. The van der Waals surface area contributed by atoms with E-state index in [1.54, 1.807) is 4.68 Å². The van der Waals surface area contributed by atoms with Crippen LogP contribution in [0.3, 0.4) is 0 Å². The lowest BCUT2D eigenvalue weighted by Gasteiger charge is -2.04. The zero-order valence-electron chi connectivity index (χ0n) is 12.0. The van der Waals surface area contributed by atoms with Crippen molar-refractivity contribution in [2.75, 3.05) is 11.9 Å². The van der Waals surface area contributed by atoms with Gasteiger partial charge in [0, 0.05) is 18.3 Å². The minimum absolute atomic E-state index is 0.0265. The van der Waals surface area contributed by atoms with Crippen molar-refractivity contribution in [1.82, 2.24) is 15.0 Å². The average Bonchev–Trinajstić information content (AvgIpc) is 2.94. The van der Waals surface area contributed by atoms with Gasteiger partial charge in [-0.3, -0.25) is 9.48 Å². The summed E-state index contributed by atoms with van der Waals surface area (Å²) in [5.41, 5.74) is 7.22. The molecule has 1 aromatic heterocycles. The van der Waals surface area contributed by atoms with Crippen LogP contribution in [0, 0.1) is 0 Å². The number of carbonyl (C=O) groups excluding carboxylic acids is 1. The number of hydrogen-bond donors (Lipinski definition) is 2. The summed E-state index contributed by atoms with van der Waals surface area (Å²) < 4.78 is 1.71. The average molecular weight is 287 g/mol. The van der Waals surface area contributed by atoms with Crippen molar-refractivity contribution in [2.24, 2.45) is 5.73 Å². The fraction of sp³-hybridized carbons (Fsp3) is 0.400. The fourth-order valence-electron chi connectivity index (χ4n) is 1.97. The Labute approximate surface area is 124 Å². The molecule has 112 valence electrons. The monoisotopic (exact) mass is 287 g/mol. The van der Waals surface area contributed by atoms with Gasteiger partial charge in [0.15, 0.2) is 0 Å². The highest BCUT2D eigenvalue weighted by molar-refractivity contribution is 5.90. The zero-order valence-corrected chi connectivity index (χ0v) is 12.0. The van der Waals surface area contributed by atoms with Crippen molar-refractivity contribution in [3.05, 3.63) is 42.2 Å². The van der Waals surface area contributed by atoms with Crippen LogP contribution in [0.5, 0.6) is 0 Å². The molecule has 0 spiro atoms. The summed E-state index contributed by atoms with van der Waals surface area (Å²) in [5, 5.41) is 11.0. The van der Waals surface area contributed by atoms with Crippen LogP contribution in [0.1, 0.15) is 25.0 Å². The molecule has 0 aliphatic rings. The van der Waals surface area contributed by atoms with Gasteiger partial charge < -0.3 is 11.1 Å². The van der Waals surface area contributed by atoms with Crippen molar-refractivity contribution in [3.8, 4) is 0 Å². The number of hydrogen-bond acceptors (Lipinski definition) is 4. The first-order chi connectivity index (χ1) is 10.3. The van der Waals surface area contributed by atoms with Gasteiger partial charge in [0.05, 0.1) is 12.2 Å². The third-order valence-electron chi connectivity index (χ3n) is 3.10. The van der Waals surface area contributed by atoms with Crippen molar-refractivity contribution in [1.29, 1.82) is 0 Å². The summed E-state index contributed by atoms with van der Waals surface area (Å²) in [5.74, 6) is -0.0265. The van der Waals surface area contributed by atoms with E-state index in [0.717, 1.165) is 30.6 Å². The molecule has 0 bridgehead atoms. The molecular formula is C15H21N5O. The van der Waals surface area contributed by atoms with E-state index in [0.29, 0.717) is 19.5 Å². The highest BCUT2D eigenvalue weighted by Gasteiger charge is 2.05. The first kappa shape index (κ1) is 15.2. The van der Waals surface area contributed by atoms with Gasteiger partial charge in [0.2, 0.25) is 5.91 Å². The highest BCUT2D eigenvalue weighted by atomic mass is 16.1. The molecule has 1 aromatic carbocycles. The number of benzene rings is 1. The van der Waals surface area contributed by atoms with Crippen LogP contribution in [0.25, 0.3) is 0 Å². The maximum atomic E-state index is 11.8. The van der Waals surface area contributed by atoms with Crippen molar-refractivity contribution < 1.29 is 4.79 Å². The van der Waals surface area contributed by atoms with Crippen LogP contribution in [0.15, 0.2) is 36.5 Å². The van der Waals surface area contributed by atoms with Crippen LogP contribution < -0.4 is 11.1 Å². The molecule has 21 heavy (non-hydrogen) atoms. The minimum Gasteiger partial charge on any atom is -0.330 e. The molecule has 6 nitrogen and oxygen atoms in total. The van der Waals surface area contributed by atoms with Crippen LogP contribution >= 0.6 is 0 Å². The Kier molecular flexibility index (Phi) is 5.90. The summed E-state index contributed by atoms with van der Waals surface area (Å²) in [7, 11) is 0. The van der Waals surface area contributed by atoms with E-state index in [9.17, 15) is 4.79 Å². The summed E-state index contributed by atoms with van der Waals surface area (Å²) in [6.45, 7) is 1.23. The van der Waals surface area contributed by atoms with Gasteiger partial charge in [-0.05, 0) is 37.9 Å². The Balaban J connectivity index is 1.74. The zero-order chi connectivity index (χ0) is 14.9. The Morgan fingerprint density at radius 2 is 2.05 bits per heavy atom. The van der Waals surface area contributed by atoms with Crippen LogP contribution in [0.4, 0.5) is 5.69 Å². The second-order valence-electron chi connectivity index (χ2n) is 4.88. The molecule has 0 atom stereocenters. The number of aryl methyl sites for hydroxylation is 2. The molecule has 6 heteroatoms. The first-order valence-electron chi connectivity index (χ1n) is 7.22. The quantitative estimate of drug-likeness (QED) is 0.722. The predicted octanol–water partition coefficient (Wildman–Crippen LogP) is 1.59. The Bertz CT molecular complexity index is 552. The fourth-order valence-corrected chi connectivity index (χ4v) is 1.97. The molecule has 2 rings (SSSR count). The summed E-state index contributed by atoms with van der Waals surface area (Å²) in [6.07, 6.45) is 5.16. The van der Waals surface area contributed by atoms with Gasteiger partial charge in [0.1, 0.15) is 0 Å². The Morgan fingerprint density at radius 3 is 2.81 bits per heavy atom. The maximum absolute atomic E-state index is 11.8. The van der Waals surface area contributed by atoms with Gasteiger partial charge >= 0.3 is 0 Å². The van der Waals surface area contributed by atoms with Crippen molar-refractivity contribution in [3.63, 3.8) is 0 Å². The van der Waals surface area contributed by atoms with E-state index < -0.39 is 0 Å². The molecule has 1 heterocycles. The predicted molar refractivity (Wildman–Crippen MR) is 81.7 cm³/mol. The number of nitrogens with two attached hydrogens (primary N) is 1. The molecule has 0 aliphatic carbocycles. The molecule has 0 radical (unpaired) electrons. The van der Waals surface area contributed by atoms with E-state index in [2.05, 4.69) is 15.6 Å². The molecule has 0 saturated heterocycles. The molecule has 1 amide bonds. The van der Waals surface area contributed by atoms with Gasteiger partial charge in [0.25, 0.3) is 0 Å². The highest BCUT2D eigenvalue weighted by Crippen LogP contribution is 2.06.